The highest BCUT2D eigenvalue weighted by Gasteiger charge is 2.32. The first-order chi connectivity index (χ1) is 6.85. The van der Waals surface area contributed by atoms with E-state index in [0.29, 0.717) is 4.75 Å². The summed E-state index contributed by atoms with van der Waals surface area (Å²) >= 11 is 2.11. The summed E-state index contributed by atoms with van der Waals surface area (Å²) in [5.41, 5.74) is 0. The Kier molecular flexibility index (Phi) is 3.78. The molecule has 2 saturated carbocycles. The van der Waals surface area contributed by atoms with Gasteiger partial charge in [-0.3, -0.25) is 0 Å². The van der Waals surface area contributed by atoms with Crippen molar-refractivity contribution >= 4 is 11.8 Å². The van der Waals surface area contributed by atoms with Crippen molar-refractivity contribution in [2.24, 2.45) is 0 Å². The van der Waals surface area contributed by atoms with Gasteiger partial charge in [0.05, 0.1) is 0 Å². The predicted molar refractivity (Wildman–Crippen MR) is 65.0 cm³/mol. The number of hydrogen-bond acceptors (Lipinski definition) is 2. The zero-order valence-corrected chi connectivity index (χ0v) is 10.2. The Morgan fingerprint density at radius 3 is 2.36 bits per heavy atom. The number of nitrogens with one attached hydrogen (secondary N) is 1. The van der Waals surface area contributed by atoms with Crippen LogP contribution in [0.1, 0.15) is 51.4 Å². The van der Waals surface area contributed by atoms with Crippen molar-refractivity contribution in [3.05, 3.63) is 0 Å². The summed E-state index contributed by atoms with van der Waals surface area (Å²) in [6, 6.07) is 0.862. The van der Waals surface area contributed by atoms with Gasteiger partial charge in [-0.2, -0.15) is 11.8 Å². The number of rotatable bonds is 4. The smallest absolute Gasteiger partial charge is 0.0281 e. The van der Waals surface area contributed by atoms with Crippen LogP contribution in [0.25, 0.3) is 0 Å². The summed E-state index contributed by atoms with van der Waals surface area (Å²) in [5.74, 6) is 0. The lowest BCUT2D eigenvalue weighted by Crippen LogP contribution is -2.45. The van der Waals surface area contributed by atoms with Gasteiger partial charge in [-0.1, -0.05) is 25.7 Å². The normalized spacial score (nSPS) is 27.2. The monoisotopic (exact) mass is 213 g/mol. The lowest BCUT2D eigenvalue weighted by atomic mass is 9.86. The quantitative estimate of drug-likeness (QED) is 0.769. The molecule has 0 saturated heterocycles. The van der Waals surface area contributed by atoms with E-state index < -0.39 is 0 Å². The van der Waals surface area contributed by atoms with Crippen molar-refractivity contribution in [2.45, 2.75) is 62.2 Å². The van der Waals surface area contributed by atoms with E-state index in [2.05, 4.69) is 23.3 Å². The van der Waals surface area contributed by atoms with Gasteiger partial charge in [0.25, 0.3) is 0 Å². The summed E-state index contributed by atoms with van der Waals surface area (Å²) in [6.45, 7) is 1.26. The topological polar surface area (TPSA) is 12.0 Å². The largest absolute Gasteiger partial charge is 0.313 e. The molecule has 2 rings (SSSR count). The summed E-state index contributed by atoms with van der Waals surface area (Å²) < 4.78 is 0.591. The van der Waals surface area contributed by atoms with Crippen LogP contribution in [0.3, 0.4) is 0 Å². The zero-order chi connectivity index (χ0) is 9.86. The molecular formula is C12H23NS. The van der Waals surface area contributed by atoms with Gasteiger partial charge in [0, 0.05) is 17.3 Å². The number of hydrogen-bond donors (Lipinski definition) is 1. The minimum Gasteiger partial charge on any atom is -0.313 e. The molecule has 2 fully saturated rings. The summed E-state index contributed by atoms with van der Waals surface area (Å²) in [4.78, 5) is 0. The van der Waals surface area contributed by atoms with E-state index in [1.165, 1.54) is 57.9 Å². The van der Waals surface area contributed by atoms with Crippen LogP contribution in [0.5, 0.6) is 0 Å². The molecule has 0 heterocycles. The number of thioether (sulfide) groups is 1. The molecule has 2 aliphatic carbocycles. The van der Waals surface area contributed by atoms with Crippen molar-refractivity contribution in [1.82, 2.24) is 5.32 Å². The average Bonchev–Trinajstić information content (AvgIpc) is 2.17. The minimum absolute atomic E-state index is 0.591. The molecule has 2 heteroatoms. The maximum absolute atomic E-state index is 3.76. The molecule has 2 aliphatic rings. The second kappa shape index (κ2) is 4.89. The van der Waals surface area contributed by atoms with Gasteiger partial charge in [0.2, 0.25) is 0 Å². The Hall–Kier alpha value is 0.310. The third kappa shape index (κ3) is 2.46. The Morgan fingerprint density at radius 1 is 1.14 bits per heavy atom. The van der Waals surface area contributed by atoms with Crippen LogP contribution in [0.2, 0.25) is 0 Å². The highest BCUT2D eigenvalue weighted by atomic mass is 32.2. The van der Waals surface area contributed by atoms with E-state index in [4.69, 9.17) is 0 Å². The molecule has 0 aromatic heterocycles. The van der Waals surface area contributed by atoms with E-state index >= 15 is 0 Å². The molecular weight excluding hydrogens is 190 g/mol. The molecule has 0 radical (unpaired) electrons. The maximum atomic E-state index is 3.76. The lowest BCUT2D eigenvalue weighted by molar-refractivity contribution is 0.300. The van der Waals surface area contributed by atoms with Crippen LogP contribution in [0, 0.1) is 0 Å². The van der Waals surface area contributed by atoms with Gasteiger partial charge in [-0.25, -0.2) is 0 Å². The van der Waals surface area contributed by atoms with E-state index in [1.807, 2.05) is 0 Å². The molecule has 0 unspecified atom stereocenters. The van der Waals surface area contributed by atoms with Gasteiger partial charge >= 0.3 is 0 Å². The van der Waals surface area contributed by atoms with Gasteiger partial charge in [-0.05, 0) is 31.9 Å². The van der Waals surface area contributed by atoms with Crippen molar-refractivity contribution < 1.29 is 0 Å². The Bertz CT molecular complexity index is 171. The second-order valence-electron chi connectivity index (χ2n) is 4.96. The van der Waals surface area contributed by atoms with Gasteiger partial charge in [0.1, 0.15) is 0 Å². The molecule has 0 amide bonds. The highest BCUT2D eigenvalue weighted by molar-refractivity contribution is 8.00. The predicted octanol–water partition coefficient (Wildman–Crippen LogP) is 3.19. The van der Waals surface area contributed by atoms with Crippen LogP contribution in [0.15, 0.2) is 0 Å². The van der Waals surface area contributed by atoms with E-state index in [9.17, 15) is 0 Å². The summed E-state index contributed by atoms with van der Waals surface area (Å²) in [6.07, 6.45) is 13.8. The zero-order valence-electron chi connectivity index (χ0n) is 9.35. The molecule has 0 aromatic carbocycles. The molecule has 0 bridgehead atoms. The van der Waals surface area contributed by atoms with Crippen LogP contribution < -0.4 is 5.32 Å². The molecule has 1 nitrogen and oxygen atoms in total. The van der Waals surface area contributed by atoms with Crippen molar-refractivity contribution in [3.63, 3.8) is 0 Å². The van der Waals surface area contributed by atoms with Crippen LogP contribution in [-0.4, -0.2) is 23.6 Å². The Labute approximate surface area is 92.4 Å². The van der Waals surface area contributed by atoms with Gasteiger partial charge < -0.3 is 5.32 Å². The fraction of sp³-hybridized carbons (Fsp3) is 1.00. The maximum Gasteiger partial charge on any atom is 0.0281 e. The molecule has 0 aromatic rings. The van der Waals surface area contributed by atoms with Crippen molar-refractivity contribution in [3.8, 4) is 0 Å². The Morgan fingerprint density at radius 2 is 1.86 bits per heavy atom. The van der Waals surface area contributed by atoms with Crippen molar-refractivity contribution in [1.29, 1.82) is 0 Å². The fourth-order valence-electron chi connectivity index (χ4n) is 2.59. The van der Waals surface area contributed by atoms with Crippen LogP contribution in [-0.2, 0) is 0 Å². The van der Waals surface area contributed by atoms with Crippen LogP contribution >= 0.6 is 11.8 Å². The minimum atomic E-state index is 0.591. The van der Waals surface area contributed by atoms with Gasteiger partial charge in [-0.15, -0.1) is 0 Å². The molecule has 82 valence electrons. The standard InChI is InChI=1S/C12H23NS/c1-14-12(8-3-2-4-9-12)10-13-11-6-5-7-11/h11,13H,2-10H2,1H3. The van der Waals surface area contributed by atoms with Crippen molar-refractivity contribution in [2.75, 3.05) is 12.8 Å². The second-order valence-corrected chi connectivity index (χ2v) is 6.23. The van der Waals surface area contributed by atoms with E-state index in [0.717, 1.165) is 6.04 Å². The third-order valence-corrected chi connectivity index (χ3v) is 5.43. The van der Waals surface area contributed by atoms with E-state index in [1.54, 1.807) is 0 Å². The first-order valence-electron chi connectivity index (χ1n) is 6.13. The molecule has 14 heavy (non-hydrogen) atoms. The summed E-state index contributed by atoms with van der Waals surface area (Å²) in [7, 11) is 0. The lowest BCUT2D eigenvalue weighted by Gasteiger charge is -2.38. The summed E-state index contributed by atoms with van der Waals surface area (Å²) in [5, 5.41) is 3.76. The molecule has 0 spiro atoms. The molecule has 0 aliphatic heterocycles. The molecule has 1 N–H and O–H groups in total. The SMILES string of the molecule is CSC1(CNC2CCC2)CCCCC1. The van der Waals surface area contributed by atoms with E-state index in [-0.39, 0.29) is 0 Å². The highest BCUT2D eigenvalue weighted by Crippen LogP contribution is 2.38. The fourth-order valence-corrected chi connectivity index (χ4v) is 3.52. The van der Waals surface area contributed by atoms with Crippen LogP contribution in [0.4, 0.5) is 0 Å². The van der Waals surface area contributed by atoms with Gasteiger partial charge in [0.15, 0.2) is 0 Å². The first-order valence-corrected chi connectivity index (χ1v) is 7.36. The first kappa shape index (κ1) is 10.8. The molecule has 0 atom stereocenters. The average molecular weight is 213 g/mol. The Balaban J connectivity index is 1.77. The third-order valence-electron chi connectivity index (χ3n) is 4.02.